The summed E-state index contributed by atoms with van der Waals surface area (Å²) in [5.41, 5.74) is 1.37. The lowest BCUT2D eigenvalue weighted by molar-refractivity contribution is -0.115. The summed E-state index contributed by atoms with van der Waals surface area (Å²) in [6.45, 7) is 3.67. The zero-order chi connectivity index (χ0) is 14.5. The van der Waals surface area contributed by atoms with Crippen LogP contribution >= 0.6 is 11.8 Å². The molecule has 2 nitrogen and oxygen atoms in total. The van der Waals surface area contributed by atoms with E-state index in [0.29, 0.717) is 5.69 Å². The molecule has 2 aromatic rings. The quantitative estimate of drug-likeness (QED) is 0.852. The number of anilines is 1. The van der Waals surface area contributed by atoms with Crippen molar-refractivity contribution in [1.29, 1.82) is 0 Å². The molecule has 1 N–H and O–H groups in total. The SMILES string of the molecule is Cc1ccc(F)cc1NC(=O)C(C)Sc1ccccc1. The van der Waals surface area contributed by atoms with Crippen LogP contribution in [-0.4, -0.2) is 11.2 Å². The summed E-state index contributed by atoms with van der Waals surface area (Å²) in [5.74, 6) is -0.484. The van der Waals surface area contributed by atoms with Gasteiger partial charge in [0.05, 0.1) is 5.25 Å². The van der Waals surface area contributed by atoms with E-state index in [1.807, 2.05) is 44.2 Å². The number of rotatable bonds is 4. The van der Waals surface area contributed by atoms with Gasteiger partial charge in [-0.1, -0.05) is 24.3 Å². The van der Waals surface area contributed by atoms with Crippen LogP contribution in [-0.2, 0) is 4.79 Å². The molecule has 0 aromatic heterocycles. The molecule has 1 atom stereocenters. The van der Waals surface area contributed by atoms with Crippen molar-refractivity contribution < 1.29 is 9.18 Å². The number of benzene rings is 2. The summed E-state index contributed by atoms with van der Waals surface area (Å²) in [6, 6.07) is 14.1. The van der Waals surface area contributed by atoms with Gasteiger partial charge in [-0.05, 0) is 43.7 Å². The molecule has 0 aliphatic heterocycles. The number of thioether (sulfide) groups is 1. The van der Waals surface area contributed by atoms with Crippen LogP contribution in [0.4, 0.5) is 10.1 Å². The Bertz CT molecular complexity index is 601. The van der Waals surface area contributed by atoms with E-state index >= 15 is 0 Å². The molecule has 1 unspecified atom stereocenters. The van der Waals surface area contributed by atoms with Crippen molar-refractivity contribution in [3.8, 4) is 0 Å². The highest BCUT2D eigenvalue weighted by molar-refractivity contribution is 8.00. The lowest BCUT2D eigenvalue weighted by atomic mass is 10.2. The zero-order valence-corrected chi connectivity index (χ0v) is 12.2. The highest BCUT2D eigenvalue weighted by atomic mass is 32.2. The second kappa shape index (κ2) is 6.57. The predicted octanol–water partition coefficient (Wildman–Crippen LogP) is 4.25. The van der Waals surface area contributed by atoms with Gasteiger partial charge >= 0.3 is 0 Å². The number of nitrogens with one attached hydrogen (secondary N) is 1. The summed E-state index contributed by atoms with van der Waals surface area (Å²) >= 11 is 1.48. The average Bonchev–Trinajstić information content (AvgIpc) is 2.44. The average molecular weight is 289 g/mol. The molecule has 20 heavy (non-hydrogen) atoms. The largest absolute Gasteiger partial charge is 0.325 e. The third-order valence-corrected chi connectivity index (χ3v) is 3.99. The number of hydrogen-bond donors (Lipinski definition) is 1. The Balaban J connectivity index is 2.02. The van der Waals surface area contributed by atoms with Crippen LogP contribution < -0.4 is 5.32 Å². The topological polar surface area (TPSA) is 29.1 Å². The van der Waals surface area contributed by atoms with Gasteiger partial charge in [-0.2, -0.15) is 0 Å². The second-order valence-electron chi connectivity index (χ2n) is 4.52. The molecular weight excluding hydrogens is 273 g/mol. The fourth-order valence-electron chi connectivity index (χ4n) is 1.72. The van der Waals surface area contributed by atoms with E-state index in [1.54, 1.807) is 6.07 Å². The third kappa shape index (κ3) is 3.84. The number of carbonyl (C=O) groups is 1. The van der Waals surface area contributed by atoms with Gasteiger partial charge in [-0.15, -0.1) is 11.8 Å². The fourth-order valence-corrected chi connectivity index (χ4v) is 2.61. The van der Waals surface area contributed by atoms with Gasteiger partial charge in [0.1, 0.15) is 5.82 Å². The molecule has 0 bridgehead atoms. The summed E-state index contributed by atoms with van der Waals surface area (Å²) in [6.07, 6.45) is 0. The standard InChI is InChI=1S/C16H16FNOS/c1-11-8-9-13(17)10-15(11)18-16(19)12(2)20-14-6-4-3-5-7-14/h3-10,12H,1-2H3,(H,18,19). The smallest absolute Gasteiger partial charge is 0.237 e. The number of carbonyl (C=O) groups excluding carboxylic acids is 1. The van der Waals surface area contributed by atoms with Gasteiger partial charge < -0.3 is 5.32 Å². The summed E-state index contributed by atoms with van der Waals surface area (Å²) in [7, 11) is 0. The van der Waals surface area contributed by atoms with Crippen LogP contribution in [0.25, 0.3) is 0 Å². The molecule has 2 aromatic carbocycles. The van der Waals surface area contributed by atoms with E-state index in [4.69, 9.17) is 0 Å². The molecule has 0 aliphatic rings. The first-order valence-corrected chi connectivity index (χ1v) is 7.23. The Morgan fingerprint density at radius 3 is 2.60 bits per heavy atom. The highest BCUT2D eigenvalue weighted by Crippen LogP contribution is 2.24. The Hall–Kier alpha value is -1.81. The number of hydrogen-bond acceptors (Lipinski definition) is 2. The van der Waals surface area contributed by atoms with Gasteiger partial charge in [0.25, 0.3) is 0 Å². The van der Waals surface area contributed by atoms with Crippen LogP contribution in [0.15, 0.2) is 53.4 Å². The number of amides is 1. The van der Waals surface area contributed by atoms with E-state index in [-0.39, 0.29) is 17.0 Å². The molecule has 2 rings (SSSR count). The van der Waals surface area contributed by atoms with Crippen molar-refractivity contribution in [2.24, 2.45) is 0 Å². The fraction of sp³-hybridized carbons (Fsp3) is 0.188. The monoisotopic (exact) mass is 289 g/mol. The molecule has 104 valence electrons. The molecule has 0 saturated heterocycles. The normalized spacial score (nSPS) is 11.9. The maximum Gasteiger partial charge on any atom is 0.237 e. The first-order chi connectivity index (χ1) is 9.56. The van der Waals surface area contributed by atoms with Crippen molar-refractivity contribution in [2.75, 3.05) is 5.32 Å². The van der Waals surface area contributed by atoms with E-state index in [1.165, 1.54) is 23.9 Å². The van der Waals surface area contributed by atoms with Crippen LogP contribution in [0.5, 0.6) is 0 Å². The lowest BCUT2D eigenvalue weighted by Gasteiger charge is -2.13. The van der Waals surface area contributed by atoms with Gasteiger partial charge in [-0.25, -0.2) is 4.39 Å². The van der Waals surface area contributed by atoms with Gasteiger partial charge in [0.15, 0.2) is 0 Å². The molecule has 1 amide bonds. The predicted molar refractivity (Wildman–Crippen MR) is 81.5 cm³/mol. The van der Waals surface area contributed by atoms with Crippen LogP contribution in [0, 0.1) is 12.7 Å². The second-order valence-corrected chi connectivity index (χ2v) is 5.94. The molecule has 0 saturated carbocycles. The van der Waals surface area contributed by atoms with Crippen molar-refractivity contribution in [3.63, 3.8) is 0 Å². The molecule has 4 heteroatoms. The zero-order valence-electron chi connectivity index (χ0n) is 11.4. The maximum atomic E-state index is 13.2. The number of aryl methyl sites for hydroxylation is 1. The lowest BCUT2D eigenvalue weighted by Crippen LogP contribution is -2.22. The van der Waals surface area contributed by atoms with Gasteiger partial charge in [0, 0.05) is 10.6 Å². The minimum Gasteiger partial charge on any atom is -0.325 e. The van der Waals surface area contributed by atoms with Crippen molar-refractivity contribution in [1.82, 2.24) is 0 Å². The van der Waals surface area contributed by atoms with E-state index in [0.717, 1.165) is 10.5 Å². The molecule has 0 aliphatic carbocycles. The first kappa shape index (κ1) is 14.6. The van der Waals surface area contributed by atoms with E-state index < -0.39 is 0 Å². The first-order valence-electron chi connectivity index (χ1n) is 6.35. The van der Waals surface area contributed by atoms with Crippen LogP contribution in [0.2, 0.25) is 0 Å². The van der Waals surface area contributed by atoms with Crippen molar-refractivity contribution >= 4 is 23.4 Å². The van der Waals surface area contributed by atoms with Crippen molar-refractivity contribution in [3.05, 3.63) is 59.9 Å². The molecule has 0 heterocycles. The van der Waals surface area contributed by atoms with Crippen LogP contribution in [0.3, 0.4) is 0 Å². The Morgan fingerprint density at radius 1 is 1.20 bits per heavy atom. The van der Waals surface area contributed by atoms with Crippen LogP contribution in [0.1, 0.15) is 12.5 Å². The Labute approximate surface area is 122 Å². The Morgan fingerprint density at radius 2 is 1.90 bits per heavy atom. The van der Waals surface area contributed by atoms with E-state index in [9.17, 15) is 9.18 Å². The molecule has 0 fully saturated rings. The number of halogens is 1. The minimum atomic E-state index is -0.353. The summed E-state index contributed by atoms with van der Waals surface area (Å²) < 4.78 is 13.2. The highest BCUT2D eigenvalue weighted by Gasteiger charge is 2.15. The molecule has 0 spiro atoms. The Kier molecular flexibility index (Phi) is 4.79. The van der Waals surface area contributed by atoms with Gasteiger partial charge in [-0.3, -0.25) is 4.79 Å². The molecule has 0 radical (unpaired) electrons. The third-order valence-electron chi connectivity index (χ3n) is 2.88. The summed E-state index contributed by atoms with van der Waals surface area (Å²) in [5, 5.41) is 2.52. The minimum absolute atomic E-state index is 0.132. The summed E-state index contributed by atoms with van der Waals surface area (Å²) in [4.78, 5) is 13.2. The molecular formula is C16H16FNOS. The van der Waals surface area contributed by atoms with Gasteiger partial charge in [0.2, 0.25) is 5.91 Å². The maximum absolute atomic E-state index is 13.2. The van der Waals surface area contributed by atoms with E-state index in [2.05, 4.69) is 5.32 Å². The van der Waals surface area contributed by atoms with Crippen molar-refractivity contribution in [2.45, 2.75) is 24.0 Å².